The molecule has 0 saturated heterocycles. The smallest absolute Gasteiger partial charge is 0.350 e. The Kier molecular flexibility index (Phi) is 4.02. The first-order chi connectivity index (χ1) is 12.7. The predicted octanol–water partition coefficient (Wildman–Crippen LogP) is 4.84. The molecule has 3 rings (SSSR count). The Morgan fingerprint density at radius 3 is 2.52 bits per heavy atom. The number of nitrogens with zero attached hydrogens (tertiary/aromatic N) is 3. The second-order valence-electron chi connectivity index (χ2n) is 6.01. The fourth-order valence-corrected chi connectivity index (χ4v) is 2.78. The standard InChI is InChI=1S/C19H20F3N3/c1-14(2)24-12-7-13-25(15-8-4-3-5-9-15)18(24)16-10-6-11-17(23-16)19(20,21)22/h3-12,14,18H,13H2,1-2H3/i12D,13D. The Hall–Kier alpha value is -2.50. The number of anilines is 1. The van der Waals surface area contributed by atoms with Gasteiger partial charge in [-0.3, -0.25) is 0 Å². The molecule has 0 N–H and O–H groups in total. The van der Waals surface area contributed by atoms with Crippen LogP contribution in [0.15, 0.2) is 60.8 Å². The van der Waals surface area contributed by atoms with Crippen molar-refractivity contribution in [3.63, 3.8) is 0 Å². The Labute approximate surface area is 148 Å². The zero-order chi connectivity index (χ0) is 19.8. The molecular weight excluding hydrogens is 327 g/mol. The lowest BCUT2D eigenvalue weighted by molar-refractivity contribution is -0.141. The van der Waals surface area contributed by atoms with Gasteiger partial charge in [0.25, 0.3) is 0 Å². The summed E-state index contributed by atoms with van der Waals surface area (Å²) in [5.74, 6) is 0. The lowest BCUT2D eigenvalue weighted by Gasteiger charge is -2.44. The van der Waals surface area contributed by atoms with E-state index in [0.717, 1.165) is 6.07 Å². The molecule has 0 spiro atoms. The highest BCUT2D eigenvalue weighted by Crippen LogP contribution is 2.35. The van der Waals surface area contributed by atoms with Crippen LogP contribution in [0.3, 0.4) is 0 Å². The van der Waals surface area contributed by atoms with E-state index in [1.807, 2.05) is 19.9 Å². The molecule has 0 fully saturated rings. The van der Waals surface area contributed by atoms with Gasteiger partial charge in [0, 0.05) is 18.3 Å². The number of benzene rings is 1. The quantitative estimate of drug-likeness (QED) is 0.790. The van der Waals surface area contributed by atoms with E-state index in [9.17, 15) is 13.2 Å². The van der Waals surface area contributed by atoms with E-state index in [0.29, 0.717) is 5.69 Å². The second-order valence-corrected chi connectivity index (χ2v) is 6.01. The third kappa shape index (κ3) is 3.62. The second kappa shape index (κ2) is 6.78. The van der Waals surface area contributed by atoms with Crippen LogP contribution in [0.5, 0.6) is 0 Å². The third-order valence-corrected chi connectivity index (χ3v) is 3.92. The van der Waals surface area contributed by atoms with Crippen LogP contribution in [0.4, 0.5) is 18.9 Å². The van der Waals surface area contributed by atoms with Crippen LogP contribution in [0, 0.1) is 0 Å². The lowest BCUT2D eigenvalue weighted by atomic mass is 10.1. The van der Waals surface area contributed by atoms with Crippen molar-refractivity contribution in [2.75, 3.05) is 11.4 Å². The number of hydrogen-bond acceptors (Lipinski definition) is 3. The minimum absolute atomic E-state index is 0.0985. The average Bonchev–Trinajstić information content (AvgIpc) is 2.61. The van der Waals surface area contributed by atoms with Crippen LogP contribution in [-0.4, -0.2) is 22.4 Å². The van der Waals surface area contributed by atoms with Gasteiger partial charge in [-0.25, -0.2) is 4.98 Å². The maximum absolute atomic E-state index is 13.2. The molecule has 0 amide bonds. The fraction of sp³-hybridized carbons (Fsp3) is 0.316. The topological polar surface area (TPSA) is 19.4 Å². The summed E-state index contributed by atoms with van der Waals surface area (Å²) in [7, 11) is 0. The Bertz CT molecular complexity index is 824. The summed E-state index contributed by atoms with van der Waals surface area (Å²) in [5.41, 5.74) is -0.159. The van der Waals surface area contributed by atoms with Gasteiger partial charge < -0.3 is 9.80 Å². The van der Waals surface area contributed by atoms with Gasteiger partial charge in [-0.2, -0.15) is 13.2 Å². The molecule has 2 atom stereocenters. The summed E-state index contributed by atoms with van der Waals surface area (Å²) in [6, 6.07) is 12.6. The minimum Gasteiger partial charge on any atom is -0.350 e. The number of rotatable bonds is 3. The summed E-state index contributed by atoms with van der Waals surface area (Å²) in [6.07, 6.45) is -3.79. The molecule has 1 aromatic heterocycles. The van der Waals surface area contributed by atoms with Gasteiger partial charge in [0.15, 0.2) is 0 Å². The molecule has 0 bridgehead atoms. The molecular formula is C19H20F3N3. The summed E-state index contributed by atoms with van der Waals surface area (Å²) in [5, 5.41) is 0. The van der Waals surface area contributed by atoms with Crippen LogP contribution in [0.2, 0.25) is 0 Å². The van der Waals surface area contributed by atoms with E-state index in [-0.39, 0.29) is 17.9 Å². The summed E-state index contributed by atoms with van der Waals surface area (Å²) < 4.78 is 56.3. The van der Waals surface area contributed by atoms with Gasteiger partial charge in [0.1, 0.15) is 11.9 Å². The molecule has 3 nitrogen and oxygen atoms in total. The number of pyridine rings is 1. The molecule has 132 valence electrons. The van der Waals surface area contributed by atoms with Crippen molar-refractivity contribution in [3.8, 4) is 0 Å². The van der Waals surface area contributed by atoms with Crippen molar-refractivity contribution in [1.29, 1.82) is 0 Å². The first kappa shape index (κ1) is 14.8. The van der Waals surface area contributed by atoms with Gasteiger partial charge in [0.2, 0.25) is 0 Å². The third-order valence-electron chi connectivity index (χ3n) is 3.92. The van der Waals surface area contributed by atoms with Crippen LogP contribution in [-0.2, 0) is 6.18 Å². The van der Waals surface area contributed by atoms with Crippen molar-refractivity contribution in [1.82, 2.24) is 9.88 Å². The molecule has 1 aromatic carbocycles. The summed E-state index contributed by atoms with van der Waals surface area (Å²) >= 11 is 0. The van der Waals surface area contributed by atoms with Crippen molar-refractivity contribution in [3.05, 3.63) is 72.2 Å². The van der Waals surface area contributed by atoms with E-state index < -0.39 is 24.6 Å². The maximum Gasteiger partial charge on any atom is 0.433 e. The summed E-state index contributed by atoms with van der Waals surface area (Å²) in [4.78, 5) is 7.18. The fourth-order valence-electron chi connectivity index (χ4n) is 2.78. The molecule has 2 unspecified atom stereocenters. The Balaban J connectivity index is 2.18. The van der Waals surface area contributed by atoms with Gasteiger partial charge in [-0.15, -0.1) is 0 Å². The number of alkyl halides is 3. The van der Waals surface area contributed by atoms with Crippen LogP contribution < -0.4 is 4.90 Å². The number of para-hydroxylation sites is 1. The Morgan fingerprint density at radius 1 is 1.16 bits per heavy atom. The molecule has 6 heteroatoms. The molecule has 0 radical (unpaired) electrons. The van der Waals surface area contributed by atoms with Gasteiger partial charge in [0.05, 0.1) is 8.44 Å². The van der Waals surface area contributed by atoms with Gasteiger partial charge >= 0.3 is 6.18 Å². The van der Waals surface area contributed by atoms with Crippen LogP contribution in [0.25, 0.3) is 0 Å². The Morgan fingerprint density at radius 2 is 1.88 bits per heavy atom. The van der Waals surface area contributed by atoms with Gasteiger partial charge in [-0.05, 0) is 50.4 Å². The molecule has 0 aliphatic carbocycles. The minimum atomic E-state index is -4.56. The molecule has 2 heterocycles. The van der Waals surface area contributed by atoms with E-state index >= 15 is 0 Å². The lowest BCUT2D eigenvalue weighted by Crippen LogP contribution is -2.45. The number of hydrogen-bond donors (Lipinski definition) is 0. The molecule has 2 aromatic rings. The van der Waals surface area contributed by atoms with Crippen molar-refractivity contribution < 1.29 is 15.9 Å². The first-order valence-electron chi connectivity index (χ1n) is 9.04. The molecule has 0 saturated carbocycles. The van der Waals surface area contributed by atoms with E-state index in [4.69, 9.17) is 2.74 Å². The van der Waals surface area contributed by atoms with Crippen LogP contribution >= 0.6 is 0 Å². The van der Waals surface area contributed by atoms with Crippen molar-refractivity contribution in [2.24, 2.45) is 0 Å². The highest BCUT2D eigenvalue weighted by Gasteiger charge is 2.35. The average molecular weight is 349 g/mol. The van der Waals surface area contributed by atoms with E-state index in [1.165, 1.54) is 18.2 Å². The zero-order valence-electron chi connectivity index (χ0n) is 15.9. The molecule has 25 heavy (non-hydrogen) atoms. The summed E-state index contributed by atoms with van der Waals surface area (Å²) in [6.45, 7) is 2.80. The molecule has 1 aliphatic heterocycles. The van der Waals surface area contributed by atoms with Crippen LogP contribution in [0.1, 0.15) is 34.1 Å². The highest BCUT2D eigenvalue weighted by atomic mass is 19.4. The molecule has 1 aliphatic rings. The van der Waals surface area contributed by atoms with Crippen molar-refractivity contribution >= 4 is 5.69 Å². The largest absolute Gasteiger partial charge is 0.433 e. The number of halogens is 3. The normalized spacial score (nSPS) is 22.6. The SMILES string of the molecule is [2H]C1=CC([2H])N(c2ccccc2)C(c2cccc(C(F)(F)F)n2)N1C(C)C. The number of aromatic nitrogens is 1. The first-order valence-corrected chi connectivity index (χ1v) is 7.96. The predicted molar refractivity (Wildman–Crippen MR) is 91.9 cm³/mol. The maximum atomic E-state index is 13.2. The van der Waals surface area contributed by atoms with Gasteiger partial charge in [-0.1, -0.05) is 24.3 Å². The van der Waals surface area contributed by atoms with E-state index in [2.05, 4.69) is 4.98 Å². The van der Waals surface area contributed by atoms with Crippen molar-refractivity contribution in [2.45, 2.75) is 32.2 Å². The monoisotopic (exact) mass is 349 g/mol. The zero-order valence-corrected chi connectivity index (χ0v) is 13.9. The highest BCUT2D eigenvalue weighted by molar-refractivity contribution is 5.49. The van der Waals surface area contributed by atoms with E-state index in [1.54, 1.807) is 34.1 Å².